The highest BCUT2D eigenvalue weighted by Gasteiger charge is 2.25. The summed E-state index contributed by atoms with van der Waals surface area (Å²) in [6.45, 7) is 4.66. The molecule has 0 N–H and O–H groups in total. The van der Waals surface area contributed by atoms with Crippen LogP contribution >= 0.6 is 0 Å². The highest BCUT2D eigenvalue weighted by atomic mass is 15.2. The van der Waals surface area contributed by atoms with Crippen molar-refractivity contribution in [1.82, 2.24) is 4.90 Å². The minimum atomic E-state index is 0.816. The van der Waals surface area contributed by atoms with Crippen molar-refractivity contribution in [3.8, 4) is 0 Å². The third-order valence-corrected chi connectivity index (χ3v) is 4.72. The largest absolute Gasteiger partial charge is 0.357 e. The van der Waals surface area contributed by atoms with Crippen molar-refractivity contribution in [2.75, 3.05) is 13.1 Å². The van der Waals surface area contributed by atoms with Gasteiger partial charge >= 0.3 is 0 Å². The SMILES string of the molecule is CCCCCCCCC1CCN=C2CCCCCN21. The Morgan fingerprint density at radius 2 is 1.89 bits per heavy atom. The second-order valence-electron chi connectivity index (χ2n) is 6.30. The van der Waals surface area contributed by atoms with E-state index in [4.69, 9.17) is 4.99 Å². The Labute approximate surface area is 119 Å². The molecule has 2 aliphatic rings. The molecule has 0 aromatic rings. The maximum atomic E-state index is 4.77. The summed E-state index contributed by atoms with van der Waals surface area (Å²) >= 11 is 0. The predicted octanol–water partition coefficient (Wildman–Crippen LogP) is 4.78. The van der Waals surface area contributed by atoms with Crippen molar-refractivity contribution in [2.45, 2.75) is 90.0 Å². The van der Waals surface area contributed by atoms with Crippen LogP contribution in [0.4, 0.5) is 0 Å². The number of unbranched alkanes of at least 4 members (excludes halogenated alkanes) is 5. The average molecular weight is 264 g/mol. The van der Waals surface area contributed by atoms with Gasteiger partial charge in [0, 0.05) is 25.6 Å². The maximum absolute atomic E-state index is 4.77. The molecule has 0 radical (unpaired) electrons. The van der Waals surface area contributed by atoms with E-state index in [9.17, 15) is 0 Å². The van der Waals surface area contributed by atoms with Crippen LogP contribution in [0.15, 0.2) is 4.99 Å². The molecule has 2 heteroatoms. The van der Waals surface area contributed by atoms with Gasteiger partial charge in [0.05, 0.1) is 5.84 Å². The number of hydrogen-bond donors (Lipinski definition) is 0. The highest BCUT2D eigenvalue weighted by molar-refractivity contribution is 5.83. The van der Waals surface area contributed by atoms with Gasteiger partial charge in [0.25, 0.3) is 0 Å². The fourth-order valence-corrected chi connectivity index (χ4v) is 3.54. The Balaban J connectivity index is 1.69. The molecule has 1 atom stereocenters. The van der Waals surface area contributed by atoms with Gasteiger partial charge in [-0.3, -0.25) is 4.99 Å². The van der Waals surface area contributed by atoms with Gasteiger partial charge in [-0.2, -0.15) is 0 Å². The smallest absolute Gasteiger partial charge is 0.0991 e. The average Bonchev–Trinajstić information content (AvgIpc) is 2.68. The molecule has 0 aromatic carbocycles. The van der Waals surface area contributed by atoms with Crippen molar-refractivity contribution in [3.63, 3.8) is 0 Å². The lowest BCUT2D eigenvalue weighted by Gasteiger charge is -2.36. The van der Waals surface area contributed by atoms with Gasteiger partial charge in [0.1, 0.15) is 0 Å². The zero-order valence-electron chi connectivity index (χ0n) is 12.9. The van der Waals surface area contributed by atoms with Crippen molar-refractivity contribution in [2.24, 2.45) is 4.99 Å². The molecule has 1 fully saturated rings. The van der Waals surface area contributed by atoms with Gasteiger partial charge in [0.15, 0.2) is 0 Å². The molecule has 2 heterocycles. The van der Waals surface area contributed by atoms with Crippen molar-refractivity contribution < 1.29 is 0 Å². The van der Waals surface area contributed by atoms with Crippen molar-refractivity contribution in [1.29, 1.82) is 0 Å². The normalized spacial score (nSPS) is 23.7. The minimum Gasteiger partial charge on any atom is -0.357 e. The Hall–Kier alpha value is -0.530. The highest BCUT2D eigenvalue weighted by Crippen LogP contribution is 2.24. The third-order valence-electron chi connectivity index (χ3n) is 4.72. The molecule has 0 bridgehead atoms. The molecule has 0 spiro atoms. The zero-order chi connectivity index (χ0) is 13.3. The number of fused-ring (bicyclic) bond motifs is 1. The Morgan fingerprint density at radius 3 is 2.79 bits per heavy atom. The van der Waals surface area contributed by atoms with Crippen LogP contribution in [-0.4, -0.2) is 29.9 Å². The lowest BCUT2D eigenvalue weighted by Crippen LogP contribution is -2.43. The van der Waals surface area contributed by atoms with Crippen LogP contribution in [-0.2, 0) is 0 Å². The number of amidine groups is 1. The van der Waals surface area contributed by atoms with E-state index in [-0.39, 0.29) is 0 Å². The Morgan fingerprint density at radius 1 is 1.05 bits per heavy atom. The number of aliphatic imine (C=N–C) groups is 1. The molecule has 1 unspecified atom stereocenters. The first-order chi connectivity index (χ1) is 9.42. The van der Waals surface area contributed by atoms with E-state index in [1.165, 1.54) is 89.4 Å². The lowest BCUT2D eigenvalue weighted by atomic mass is 10.0. The van der Waals surface area contributed by atoms with Crippen LogP contribution in [0.2, 0.25) is 0 Å². The summed E-state index contributed by atoms with van der Waals surface area (Å²) in [6, 6.07) is 0.816. The maximum Gasteiger partial charge on any atom is 0.0991 e. The summed E-state index contributed by atoms with van der Waals surface area (Å²) in [6.07, 6.45) is 16.6. The van der Waals surface area contributed by atoms with E-state index in [0.29, 0.717) is 0 Å². The summed E-state index contributed by atoms with van der Waals surface area (Å²) < 4.78 is 0. The Bertz CT molecular complexity index is 272. The Kier molecular flexibility index (Phi) is 6.73. The van der Waals surface area contributed by atoms with Gasteiger partial charge in [-0.25, -0.2) is 0 Å². The number of hydrogen-bond acceptors (Lipinski definition) is 2. The van der Waals surface area contributed by atoms with Crippen LogP contribution in [0.1, 0.15) is 84.0 Å². The molecule has 2 aliphatic heterocycles. The molecule has 19 heavy (non-hydrogen) atoms. The monoisotopic (exact) mass is 264 g/mol. The lowest BCUT2D eigenvalue weighted by molar-refractivity contribution is 0.260. The van der Waals surface area contributed by atoms with E-state index in [1.54, 1.807) is 0 Å². The fraction of sp³-hybridized carbons (Fsp3) is 0.941. The standard InChI is InChI=1S/C17H32N2/c1-2-3-4-5-6-8-11-16-13-14-18-17-12-9-7-10-15-19(16)17/h16H,2-15H2,1H3. The molecule has 0 amide bonds. The summed E-state index contributed by atoms with van der Waals surface area (Å²) in [5, 5.41) is 0. The van der Waals surface area contributed by atoms with E-state index < -0.39 is 0 Å². The van der Waals surface area contributed by atoms with Gasteiger partial charge in [-0.05, 0) is 25.7 Å². The minimum absolute atomic E-state index is 0.816. The van der Waals surface area contributed by atoms with Crippen LogP contribution in [0.25, 0.3) is 0 Å². The first kappa shape index (κ1) is 14.9. The molecule has 2 rings (SSSR count). The van der Waals surface area contributed by atoms with E-state index >= 15 is 0 Å². The van der Waals surface area contributed by atoms with Crippen molar-refractivity contribution in [3.05, 3.63) is 0 Å². The van der Waals surface area contributed by atoms with Gasteiger partial charge in [-0.1, -0.05) is 51.9 Å². The predicted molar refractivity (Wildman–Crippen MR) is 83.9 cm³/mol. The number of rotatable bonds is 7. The fourth-order valence-electron chi connectivity index (χ4n) is 3.54. The molecule has 2 nitrogen and oxygen atoms in total. The molecule has 1 saturated heterocycles. The van der Waals surface area contributed by atoms with Crippen molar-refractivity contribution >= 4 is 5.84 Å². The molecule has 0 aliphatic carbocycles. The molecular formula is C17H32N2. The second-order valence-corrected chi connectivity index (χ2v) is 6.30. The molecule has 0 aromatic heterocycles. The third kappa shape index (κ3) is 4.81. The van der Waals surface area contributed by atoms with E-state index in [2.05, 4.69) is 11.8 Å². The summed E-state index contributed by atoms with van der Waals surface area (Å²) in [7, 11) is 0. The van der Waals surface area contributed by atoms with E-state index in [1.807, 2.05) is 0 Å². The second kappa shape index (κ2) is 8.60. The van der Waals surface area contributed by atoms with E-state index in [0.717, 1.165) is 12.6 Å². The zero-order valence-corrected chi connectivity index (χ0v) is 12.9. The summed E-state index contributed by atoms with van der Waals surface area (Å²) in [5.74, 6) is 1.44. The van der Waals surface area contributed by atoms with Crippen LogP contribution in [0.3, 0.4) is 0 Å². The summed E-state index contributed by atoms with van der Waals surface area (Å²) in [4.78, 5) is 7.44. The van der Waals surface area contributed by atoms with Crippen LogP contribution < -0.4 is 0 Å². The van der Waals surface area contributed by atoms with Crippen LogP contribution in [0, 0.1) is 0 Å². The van der Waals surface area contributed by atoms with Gasteiger partial charge in [-0.15, -0.1) is 0 Å². The first-order valence-corrected chi connectivity index (χ1v) is 8.72. The molecule has 110 valence electrons. The number of nitrogens with zero attached hydrogens (tertiary/aromatic N) is 2. The summed E-state index contributed by atoms with van der Waals surface area (Å²) in [5.41, 5.74) is 0. The molecule has 0 saturated carbocycles. The van der Waals surface area contributed by atoms with Gasteiger partial charge < -0.3 is 4.90 Å². The van der Waals surface area contributed by atoms with Gasteiger partial charge in [0.2, 0.25) is 0 Å². The van der Waals surface area contributed by atoms with Crippen LogP contribution in [0.5, 0.6) is 0 Å². The first-order valence-electron chi connectivity index (χ1n) is 8.72. The molecular weight excluding hydrogens is 232 g/mol. The quantitative estimate of drug-likeness (QED) is 0.604. The topological polar surface area (TPSA) is 15.6 Å².